The van der Waals surface area contributed by atoms with Gasteiger partial charge in [-0.05, 0) is 60.7 Å². The molecule has 3 aromatic carbocycles. The van der Waals surface area contributed by atoms with Crippen LogP contribution in [-0.2, 0) is 4.79 Å². The second kappa shape index (κ2) is 10.9. The van der Waals surface area contributed by atoms with Gasteiger partial charge in [-0.15, -0.1) is 0 Å². The number of amides is 2. The predicted molar refractivity (Wildman–Crippen MR) is 136 cm³/mol. The zero-order chi connectivity index (χ0) is 26.5. The lowest BCUT2D eigenvalue weighted by atomic mass is 10.2. The molecule has 188 valence electrons. The van der Waals surface area contributed by atoms with Crippen molar-refractivity contribution in [3.63, 3.8) is 0 Å². The quantitative estimate of drug-likeness (QED) is 0.196. The van der Waals surface area contributed by atoms with E-state index < -0.39 is 32.4 Å². The smallest absolute Gasteiger partial charge is 0.318 e. The first-order valence-electron chi connectivity index (χ1n) is 10.9. The molecule has 1 saturated heterocycles. The van der Waals surface area contributed by atoms with Gasteiger partial charge >= 0.3 is 5.69 Å². The fourth-order valence-corrected chi connectivity index (χ4v) is 4.21. The van der Waals surface area contributed by atoms with Crippen LogP contribution in [0.4, 0.5) is 16.2 Å². The first kappa shape index (κ1) is 25.4. The fraction of sp³-hybridized carbons (Fsp3) is 0.120. The molecule has 2 amide bonds. The molecule has 0 aromatic heterocycles. The van der Waals surface area contributed by atoms with Gasteiger partial charge in [-0.1, -0.05) is 29.8 Å². The number of benzene rings is 3. The summed E-state index contributed by atoms with van der Waals surface area (Å²) in [5.41, 5.74) is 0.728. The van der Waals surface area contributed by atoms with Gasteiger partial charge < -0.3 is 9.47 Å². The van der Waals surface area contributed by atoms with Gasteiger partial charge in [0.2, 0.25) is 5.75 Å². The highest BCUT2D eigenvalue weighted by molar-refractivity contribution is 8.18. The minimum Gasteiger partial charge on any atom is -0.492 e. The van der Waals surface area contributed by atoms with Crippen LogP contribution in [0.25, 0.3) is 6.08 Å². The summed E-state index contributed by atoms with van der Waals surface area (Å²) in [5.74, 6) is 0.312. The molecule has 3 aromatic rings. The summed E-state index contributed by atoms with van der Waals surface area (Å²) in [5, 5.41) is 21.8. The number of hydrogen-bond donors (Lipinski definition) is 0. The number of nitro groups is 2. The third kappa shape index (κ3) is 6.11. The summed E-state index contributed by atoms with van der Waals surface area (Å²) in [6.45, 7) is 2.23. The van der Waals surface area contributed by atoms with Crippen molar-refractivity contribution in [2.45, 2.75) is 6.92 Å². The van der Waals surface area contributed by atoms with Gasteiger partial charge in [-0.3, -0.25) is 34.7 Å². The predicted octanol–water partition coefficient (Wildman–Crippen LogP) is 5.72. The SMILES string of the molecule is Cc1ccc(OCCN2C(=O)S/C(=C\c3ccc(Oc4ccc([N+](=O)[O-])cc4[N+](=O)[O-])cc3)C2=O)cc1. The average Bonchev–Trinajstić information content (AvgIpc) is 3.13. The molecule has 0 aliphatic carbocycles. The maximum atomic E-state index is 12.7. The average molecular weight is 522 g/mol. The Morgan fingerprint density at radius 3 is 2.24 bits per heavy atom. The van der Waals surface area contributed by atoms with Crippen LogP contribution in [0.2, 0.25) is 0 Å². The van der Waals surface area contributed by atoms with Gasteiger partial charge in [0.1, 0.15) is 18.1 Å². The summed E-state index contributed by atoms with van der Waals surface area (Å²) in [6, 6.07) is 16.8. The van der Waals surface area contributed by atoms with Crippen molar-refractivity contribution in [2.24, 2.45) is 0 Å². The second-order valence-electron chi connectivity index (χ2n) is 7.83. The molecule has 0 N–H and O–H groups in total. The van der Waals surface area contributed by atoms with Crippen LogP contribution in [-0.4, -0.2) is 39.0 Å². The Morgan fingerprint density at radius 2 is 1.59 bits per heavy atom. The summed E-state index contributed by atoms with van der Waals surface area (Å²) in [4.78, 5) is 47.1. The summed E-state index contributed by atoms with van der Waals surface area (Å²) >= 11 is 0.822. The summed E-state index contributed by atoms with van der Waals surface area (Å²) in [6.07, 6.45) is 1.56. The van der Waals surface area contributed by atoms with Gasteiger partial charge in [0.25, 0.3) is 16.8 Å². The zero-order valence-electron chi connectivity index (χ0n) is 19.4. The summed E-state index contributed by atoms with van der Waals surface area (Å²) in [7, 11) is 0. The van der Waals surface area contributed by atoms with Crippen LogP contribution in [0.3, 0.4) is 0 Å². The van der Waals surface area contributed by atoms with Gasteiger partial charge in [0.05, 0.1) is 27.4 Å². The lowest BCUT2D eigenvalue weighted by Gasteiger charge is -2.13. The Kier molecular flexibility index (Phi) is 7.49. The van der Waals surface area contributed by atoms with E-state index in [1.807, 2.05) is 31.2 Å². The largest absolute Gasteiger partial charge is 0.492 e. The van der Waals surface area contributed by atoms with E-state index in [0.717, 1.165) is 40.4 Å². The van der Waals surface area contributed by atoms with Gasteiger partial charge in [0, 0.05) is 6.07 Å². The first-order chi connectivity index (χ1) is 17.7. The maximum absolute atomic E-state index is 12.7. The van der Waals surface area contributed by atoms with Gasteiger partial charge in [0.15, 0.2) is 0 Å². The molecular formula is C25H19N3O8S. The highest BCUT2D eigenvalue weighted by Crippen LogP contribution is 2.35. The number of ether oxygens (including phenoxy) is 2. The van der Waals surface area contributed by atoms with Gasteiger partial charge in [-0.2, -0.15) is 0 Å². The number of imide groups is 1. The Bertz CT molecular complexity index is 1400. The van der Waals surface area contributed by atoms with Crippen LogP contribution in [0, 0.1) is 27.2 Å². The van der Waals surface area contributed by atoms with E-state index in [0.29, 0.717) is 11.3 Å². The topological polar surface area (TPSA) is 142 Å². The van der Waals surface area contributed by atoms with Crippen molar-refractivity contribution in [3.05, 3.63) is 103 Å². The maximum Gasteiger partial charge on any atom is 0.318 e. The van der Waals surface area contributed by atoms with Crippen LogP contribution >= 0.6 is 11.8 Å². The number of carbonyl (C=O) groups excluding carboxylic acids is 2. The van der Waals surface area contributed by atoms with E-state index in [4.69, 9.17) is 9.47 Å². The lowest BCUT2D eigenvalue weighted by molar-refractivity contribution is -0.394. The monoisotopic (exact) mass is 521 g/mol. The molecule has 0 spiro atoms. The van der Waals surface area contributed by atoms with Crippen molar-refractivity contribution < 1.29 is 28.9 Å². The molecular weight excluding hydrogens is 502 g/mol. The molecule has 4 rings (SSSR count). The van der Waals surface area contributed by atoms with E-state index in [1.54, 1.807) is 18.2 Å². The number of thioether (sulfide) groups is 1. The Morgan fingerprint density at radius 1 is 0.919 bits per heavy atom. The molecule has 12 heteroatoms. The van der Waals surface area contributed by atoms with Crippen LogP contribution < -0.4 is 9.47 Å². The molecule has 0 radical (unpaired) electrons. The molecule has 1 aliphatic heterocycles. The molecule has 37 heavy (non-hydrogen) atoms. The number of nitro benzene ring substituents is 2. The highest BCUT2D eigenvalue weighted by Gasteiger charge is 2.34. The Hall–Kier alpha value is -4.71. The zero-order valence-corrected chi connectivity index (χ0v) is 20.2. The molecule has 0 atom stereocenters. The van der Waals surface area contributed by atoms with E-state index in [1.165, 1.54) is 12.1 Å². The minimum absolute atomic E-state index is 0.108. The Labute approximate surface area is 214 Å². The normalized spacial score (nSPS) is 14.2. The summed E-state index contributed by atoms with van der Waals surface area (Å²) < 4.78 is 11.2. The fourth-order valence-electron chi connectivity index (χ4n) is 3.34. The van der Waals surface area contributed by atoms with Crippen molar-refractivity contribution in [1.29, 1.82) is 0 Å². The van der Waals surface area contributed by atoms with Crippen LogP contribution in [0.15, 0.2) is 71.6 Å². The first-order valence-corrected chi connectivity index (χ1v) is 11.7. The molecule has 1 heterocycles. The number of non-ortho nitro benzene ring substituents is 1. The highest BCUT2D eigenvalue weighted by atomic mass is 32.2. The van der Waals surface area contributed by atoms with Crippen LogP contribution in [0.5, 0.6) is 17.2 Å². The van der Waals surface area contributed by atoms with Gasteiger partial charge in [-0.25, -0.2) is 0 Å². The van der Waals surface area contributed by atoms with Crippen LogP contribution in [0.1, 0.15) is 11.1 Å². The number of hydrogen-bond acceptors (Lipinski definition) is 9. The number of rotatable bonds is 9. The Balaban J connectivity index is 1.40. The van der Waals surface area contributed by atoms with E-state index in [-0.39, 0.29) is 29.6 Å². The van der Waals surface area contributed by atoms with Crippen molar-refractivity contribution in [1.82, 2.24) is 4.90 Å². The molecule has 0 saturated carbocycles. The minimum atomic E-state index is -0.765. The lowest BCUT2D eigenvalue weighted by Crippen LogP contribution is -2.32. The molecule has 11 nitrogen and oxygen atoms in total. The standard InChI is InChI=1S/C25H19N3O8S/c1-16-2-7-19(8-3-16)35-13-12-26-24(29)23(37-25(26)30)14-17-4-9-20(10-5-17)36-22-11-6-18(27(31)32)15-21(22)28(33)34/h2-11,14-15H,12-13H2,1H3/b23-14-. The molecule has 1 fully saturated rings. The third-order valence-electron chi connectivity index (χ3n) is 5.23. The molecule has 1 aliphatic rings. The van der Waals surface area contributed by atoms with E-state index in [2.05, 4.69) is 0 Å². The van der Waals surface area contributed by atoms with E-state index in [9.17, 15) is 29.8 Å². The number of nitrogens with zero attached hydrogens (tertiary/aromatic N) is 3. The van der Waals surface area contributed by atoms with Crippen molar-refractivity contribution in [3.8, 4) is 17.2 Å². The second-order valence-corrected chi connectivity index (χ2v) is 8.83. The van der Waals surface area contributed by atoms with Crippen molar-refractivity contribution in [2.75, 3.05) is 13.2 Å². The third-order valence-corrected chi connectivity index (χ3v) is 6.14. The number of aryl methyl sites for hydroxylation is 1. The molecule has 0 bridgehead atoms. The van der Waals surface area contributed by atoms with E-state index >= 15 is 0 Å². The molecule has 0 unspecified atom stereocenters. The van der Waals surface area contributed by atoms with Crippen molar-refractivity contribution >= 4 is 40.4 Å². The number of carbonyl (C=O) groups is 2.